The Kier molecular flexibility index (Phi) is 4.10. The lowest BCUT2D eigenvalue weighted by Gasteiger charge is -2.26. The van der Waals surface area contributed by atoms with Crippen molar-refractivity contribution in [2.45, 2.75) is 20.0 Å². The van der Waals surface area contributed by atoms with E-state index in [9.17, 15) is 8.42 Å². The number of sulfone groups is 1. The van der Waals surface area contributed by atoms with Gasteiger partial charge in [0.2, 0.25) is 11.2 Å². The third-order valence-corrected chi connectivity index (χ3v) is 4.32. The summed E-state index contributed by atoms with van der Waals surface area (Å²) in [5.41, 5.74) is 0. The van der Waals surface area contributed by atoms with Crippen molar-refractivity contribution in [3.8, 4) is 6.01 Å². The summed E-state index contributed by atoms with van der Waals surface area (Å²) in [6.45, 7) is 4.41. The van der Waals surface area contributed by atoms with Crippen LogP contribution in [0.5, 0.6) is 6.01 Å². The zero-order valence-electron chi connectivity index (χ0n) is 10.7. The maximum Gasteiger partial charge on any atom is 0.322 e. The molecule has 1 aliphatic rings. The summed E-state index contributed by atoms with van der Waals surface area (Å²) in [4.78, 5) is 13.8. The molecule has 1 aliphatic heterocycles. The number of nitrogens with zero attached hydrogens (tertiary/aromatic N) is 4. The summed E-state index contributed by atoms with van der Waals surface area (Å²) >= 11 is 5.82. The third kappa shape index (κ3) is 3.90. The standard InChI is InChI=1S/C10H15ClN4O3S/c1-7(2)18-10-13-8(11)12-9(14-10)15-3-5-19(16,17)6-4-15/h7H,3-6H2,1-2H3. The van der Waals surface area contributed by atoms with Gasteiger partial charge in [-0.1, -0.05) is 0 Å². The van der Waals surface area contributed by atoms with Crippen LogP contribution in [0, 0.1) is 0 Å². The second-order valence-electron chi connectivity index (χ2n) is 4.49. The molecular formula is C10H15ClN4O3S. The van der Waals surface area contributed by atoms with Crippen LogP contribution in [0.3, 0.4) is 0 Å². The van der Waals surface area contributed by atoms with E-state index < -0.39 is 9.84 Å². The average Bonchev–Trinajstić information content (AvgIpc) is 2.26. The van der Waals surface area contributed by atoms with E-state index in [1.54, 1.807) is 4.90 Å². The van der Waals surface area contributed by atoms with Crippen molar-refractivity contribution in [2.75, 3.05) is 29.5 Å². The van der Waals surface area contributed by atoms with Gasteiger partial charge in [0.05, 0.1) is 17.6 Å². The van der Waals surface area contributed by atoms with Crippen molar-refractivity contribution < 1.29 is 13.2 Å². The Labute approximate surface area is 116 Å². The molecule has 0 aliphatic carbocycles. The van der Waals surface area contributed by atoms with Crippen LogP contribution < -0.4 is 9.64 Å². The molecule has 1 aromatic rings. The molecular weight excluding hydrogens is 292 g/mol. The molecule has 0 bridgehead atoms. The van der Waals surface area contributed by atoms with Crippen LogP contribution >= 0.6 is 11.6 Å². The average molecular weight is 307 g/mol. The van der Waals surface area contributed by atoms with Crippen molar-refractivity contribution >= 4 is 27.4 Å². The minimum Gasteiger partial charge on any atom is -0.461 e. The number of aromatic nitrogens is 3. The number of hydrogen-bond donors (Lipinski definition) is 0. The van der Waals surface area contributed by atoms with Gasteiger partial charge in [-0.25, -0.2) is 8.42 Å². The van der Waals surface area contributed by atoms with E-state index in [1.165, 1.54) is 0 Å². The molecule has 106 valence electrons. The predicted molar refractivity (Wildman–Crippen MR) is 71.5 cm³/mol. The van der Waals surface area contributed by atoms with Gasteiger partial charge in [0, 0.05) is 13.1 Å². The van der Waals surface area contributed by atoms with E-state index >= 15 is 0 Å². The van der Waals surface area contributed by atoms with Gasteiger partial charge >= 0.3 is 6.01 Å². The summed E-state index contributed by atoms with van der Waals surface area (Å²) in [6.07, 6.45) is -0.0759. The Morgan fingerprint density at radius 3 is 2.42 bits per heavy atom. The van der Waals surface area contributed by atoms with Gasteiger partial charge in [-0.15, -0.1) is 0 Å². The zero-order valence-corrected chi connectivity index (χ0v) is 12.3. The number of rotatable bonds is 3. The van der Waals surface area contributed by atoms with E-state index in [0.29, 0.717) is 19.0 Å². The molecule has 2 rings (SSSR count). The van der Waals surface area contributed by atoms with Crippen LogP contribution in [0.1, 0.15) is 13.8 Å². The first-order chi connectivity index (χ1) is 8.85. The van der Waals surface area contributed by atoms with Gasteiger partial charge in [-0.3, -0.25) is 0 Å². The Hall–Kier alpha value is -1.15. The molecule has 0 aromatic carbocycles. The lowest BCUT2D eigenvalue weighted by molar-refractivity contribution is 0.221. The van der Waals surface area contributed by atoms with Crippen molar-refractivity contribution in [1.29, 1.82) is 0 Å². The van der Waals surface area contributed by atoms with E-state index in [4.69, 9.17) is 16.3 Å². The lowest BCUT2D eigenvalue weighted by atomic mass is 10.5. The number of hydrogen-bond acceptors (Lipinski definition) is 7. The zero-order chi connectivity index (χ0) is 14.0. The highest BCUT2D eigenvalue weighted by Crippen LogP contribution is 2.18. The smallest absolute Gasteiger partial charge is 0.322 e. The Balaban J connectivity index is 2.18. The monoisotopic (exact) mass is 306 g/mol. The van der Waals surface area contributed by atoms with Gasteiger partial charge < -0.3 is 9.64 Å². The molecule has 9 heteroatoms. The van der Waals surface area contributed by atoms with Gasteiger partial charge in [-0.05, 0) is 25.4 Å². The lowest BCUT2D eigenvalue weighted by Crippen LogP contribution is -2.41. The highest BCUT2D eigenvalue weighted by Gasteiger charge is 2.24. The third-order valence-electron chi connectivity index (χ3n) is 2.54. The van der Waals surface area contributed by atoms with Gasteiger partial charge in [0.25, 0.3) is 0 Å². The molecule has 0 atom stereocenters. The largest absolute Gasteiger partial charge is 0.461 e. The first kappa shape index (κ1) is 14.3. The molecule has 2 heterocycles. The molecule has 0 saturated carbocycles. The predicted octanol–water partition coefficient (Wildman–Crippen LogP) is 0.547. The minimum absolute atomic E-state index is 0.0362. The summed E-state index contributed by atoms with van der Waals surface area (Å²) < 4.78 is 28.1. The van der Waals surface area contributed by atoms with Crippen LogP contribution in [0.15, 0.2) is 0 Å². The van der Waals surface area contributed by atoms with Gasteiger partial charge in [0.15, 0.2) is 9.84 Å². The fraction of sp³-hybridized carbons (Fsp3) is 0.700. The van der Waals surface area contributed by atoms with E-state index in [1.807, 2.05) is 13.8 Å². The topological polar surface area (TPSA) is 85.3 Å². The van der Waals surface area contributed by atoms with Crippen molar-refractivity contribution in [3.05, 3.63) is 5.28 Å². The first-order valence-electron chi connectivity index (χ1n) is 5.89. The second-order valence-corrected chi connectivity index (χ2v) is 7.13. The molecule has 0 amide bonds. The summed E-state index contributed by atoms with van der Waals surface area (Å²) in [5, 5.41) is 0.0362. The van der Waals surface area contributed by atoms with Crippen LogP contribution in [-0.2, 0) is 9.84 Å². The molecule has 0 unspecified atom stereocenters. The quantitative estimate of drug-likeness (QED) is 0.806. The number of ether oxygens (including phenoxy) is 1. The number of halogens is 1. The Morgan fingerprint density at radius 1 is 1.21 bits per heavy atom. The summed E-state index contributed by atoms with van der Waals surface area (Å²) in [5.74, 6) is 0.540. The van der Waals surface area contributed by atoms with Crippen molar-refractivity contribution in [3.63, 3.8) is 0 Å². The molecule has 19 heavy (non-hydrogen) atoms. The Morgan fingerprint density at radius 2 is 1.84 bits per heavy atom. The van der Waals surface area contributed by atoms with E-state index in [2.05, 4.69) is 15.0 Å². The molecule has 0 spiro atoms. The fourth-order valence-electron chi connectivity index (χ4n) is 1.64. The van der Waals surface area contributed by atoms with Crippen LogP contribution in [-0.4, -0.2) is 54.1 Å². The maximum atomic E-state index is 11.4. The Bertz CT molecular complexity index is 550. The van der Waals surface area contributed by atoms with Gasteiger partial charge in [0.1, 0.15) is 0 Å². The van der Waals surface area contributed by atoms with E-state index in [0.717, 1.165) is 0 Å². The normalized spacial score (nSPS) is 18.6. The SMILES string of the molecule is CC(C)Oc1nc(Cl)nc(N2CCS(=O)(=O)CC2)n1. The summed E-state index contributed by atoms with van der Waals surface area (Å²) in [7, 11) is -2.94. The van der Waals surface area contributed by atoms with Crippen molar-refractivity contribution in [1.82, 2.24) is 15.0 Å². The minimum atomic E-state index is -2.94. The van der Waals surface area contributed by atoms with Crippen LogP contribution in [0.2, 0.25) is 5.28 Å². The van der Waals surface area contributed by atoms with Gasteiger partial charge in [-0.2, -0.15) is 15.0 Å². The molecule has 1 fully saturated rings. The van der Waals surface area contributed by atoms with Crippen LogP contribution in [0.4, 0.5) is 5.95 Å². The molecule has 7 nitrogen and oxygen atoms in total. The second kappa shape index (κ2) is 5.46. The highest BCUT2D eigenvalue weighted by molar-refractivity contribution is 7.91. The fourth-order valence-corrected chi connectivity index (χ4v) is 2.99. The first-order valence-corrected chi connectivity index (χ1v) is 8.09. The number of anilines is 1. The molecule has 1 saturated heterocycles. The molecule has 1 aromatic heterocycles. The van der Waals surface area contributed by atoms with Crippen LogP contribution in [0.25, 0.3) is 0 Å². The molecule has 0 radical (unpaired) electrons. The summed E-state index contributed by atoms with van der Waals surface area (Å²) in [6, 6.07) is 0.151. The van der Waals surface area contributed by atoms with E-state index in [-0.39, 0.29) is 28.9 Å². The maximum absolute atomic E-state index is 11.4. The van der Waals surface area contributed by atoms with Crippen molar-refractivity contribution in [2.24, 2.45) is 0 Å². The molecule has 0 N–H and O–H groups in total. The highest BCUT2D eigenvalue weighted by atomic mass is 35.5.